The van der Waals surface area contributed by atoms with Crippen molar-refractivity contribution < 1.29 is 40.7 Å². The maximum Gasteiger partial charge on any atom is 0.417 e. The first-order valence-electron chi connectivity index (χ1n) is 10.1. The normalized spacial score (nSPS) is 11.1. The molecule has 3 N–H and O–H groups in total. The first kappa shape index (κ1) is 28.3. The molecule has 0 bridgehead atoms. The Morgan fingerprint density at radius 1 is 1.00 bits per heavy atom. The smallest absolute Gasteiger partial charge is 0.417 e. The van der Waals surface area contributed by atoms with E-state index in [1.54, 1.807) is 19.2 Å². The molecule has 0 saturated heterocycles. The van der Waals surface area contributed by atoms with Crippen LogP contribution in [-0.2, 0) is 21.0 Å². The number of ether oxygens (including phenoxy) is 2. The number of carbonyl (C=O) groups excluding carboxylic acids is 2. The maximum absolute atomic E-state index is 13.1. The summed E-state index contributed by atoms with van der Waals surface area (Å²) in [7, 11) is -0.603. The van der Waals surface area contributed by atoms with Crippen molar-refractivity contribution >= 4 is 28.0 Å². The second-order valence-electron chi connectivity index (χ2n) is 7.17. The minimum atomic E-state index is -4.55. The first-order chi connectivity index (χ1) is 16.8. The van der Waals surface area contributed by atoms with Crippen LogP contribution in [0.3, 0.4) is 0 Å². The van der Waals surface area contributed by atoms with Crippen molar-refractivity contribution in [2.75, 3.05) is 19.5 Å². The van der Waals surface area contributed by atoms with E-state index in [0.29, 0.717) is 6.29 Å². The Hall–Kier alpha value is -3.90. The molecule has 0 aliphatic heterocycles. The van der Waals surface area contributed by atoms with Gasteiger partial charge in [-0.3, -0.25) is 9.59 Å². The Labute approximate surface area is 205 Å². The van der Waals surface area contributed by atoms with E-state index in [1.165, 1.54) is 49.6 Å². The molecular formula is C24H23F3N2O6S. The molecule has 0 radical (unpaired) electrons. The number of esters is 1. The number of hydrogen-bond acceptors (Lipinski definition) is 7. The number of nitrogens with one attached hydrogen (secondary N) is 1. The number of primary sulfonamides is 1. The molecule has 0 heterocycles. The van der Waals surface area contributed by atoms with Gasteiger partial charge in [-0.1, -0.05) is 24.3 Å². The summed E-state index contributed by atoms with van der Waals surface area (Å²) in [4.78, 5) is 21.9. The van der Waals surface area contributed by atoms with Gasteiger partial charge in [0.25, 0.3) is 0 Å². The van der Waals surface area contributed by atoms with E-state index < -0.39 is 27.7 Å². The lowest BCUT2D eigenvalue weighted by molar-refractivity contribution is -0.137. The molecule has 8 nitrogen and oxygen atoms in total. The average molecular weight is 525 g/mol. The Morgan fingerprint density at radius 3 is 2.19 bits per heavy atom. The van der Waals surface area contributed by atoms with Crippen LogP contribution in [0.1, 0.15) is 22.8 Å². The number of aldehydes is 1. The van der Waals surface area contributed by atoms with Crippen molar-refractivity contribution in [3.63, 3.8) is 0 Å². The topological polar surface area (TPSA) is 125 Å². The molecule has 0 spiro atoms. The van der Waals surface area contributed by atoms with Crippen LogP contribution in [0.2, 0.25) is 0 Å². The van der Waals surface area contributed by atoms with Crippen molar-refractivity contribution in [1.29, 1.82) is 0 Å². The van der Waals surface area contributed by atoms with Crippen LogP contribution in [-0.4, -0.2) is 34.8 Å². The predicted molar refractivity (Wildman–Crippen MR) is 127 cm³/mol. The molecule has 0 aromatic heterocycles. The lowest BCUT2D eigenvalue weighted by atomic mass is 9.97. The van der Waals surface area contributed by atoms with Gasteiger partial charge in [-0.2, -0.15) is 13.2 Å². The molecule has 0 amide bonds. The monoisotopic (exact) mass is 524 g/mol. The lowest BCUT2D eigenvalue weighted by Gasteiger charge is -2.15. The minimum Gasteiger partial charge on any atom is -0.495 e. The molecule has 0 aliphatic rings. The maximum atomic E-state index is 13.1. The first-order valence-corrected chi connectivity index (χ1v) is 11.7. The van der Waals surface area contributed by atoms with Gasteiger partial charge in [-0.15, -0.1) is 0 Å². The quantitative estimate of drug-likeness (QED) is 0.276. The van der Waals surface area contributed by atoms with Crippen LogP contribution in [0.5, 0.6) is 11.5 Å². The van der Waals surface area contributed by atoms with E-state index in [0.717, 1.165) is 18.7 Å². The number of hydrogen-bond donors (Lipinski definition) is 2. The van der Waals surface area contributed by atoms with Crippen LogP contribution in [0, 0.1) is 0 Å². The van der Waals surface area contributed by atoms with Crippen LogP contribution in [0.4, 0.5) is 18.9 Å². The zero-order valence-corrected chi connectivity index (χ0v) is 20.2. The third-order valence-corrected chi connectivity index (χ3v) is 5.63. The van der Waals surface area contributed by atoms with E-state index in [-0.39, 0.29) is 33.1 Å². The van der Waals surface area contributed by atoms with E-state index in [9.17, 15) is 31.2 Å². The summed E-state index contributed by atoms with van der Waals surface area (Å²) in [6.07, 6.45) is -4.03. The molecule has 0 unspecified atom stereocenters. The standard InChI is InChI=1S/C16H11F3O3.C8H12N2O3S/c1-10(21)22-15-8-11(9-20)6-7-13(15)12-4-2-3-5-14(12)16(17,18)19;1-10-6-3-4-8(14(9,11)12)7(5-6)13-2/h2-9H,1H3;3-5,10H,1-2H3,(H2,9,11,12). The Morgan fingerprint density at radius 2 is 1.67 bits per heavy atom. The van der Waals surface area contributed by atoms with Gasteiger partial charge >= 0.3 is 12.1 Å². The molecule has 3 aromatic rings. The fraction of sp³-hybridized carbons (Fsp3) is 0.167. The molecule has 3 rings (SSSR count). The molecule has 3 aromatic carbocycles. The van der Waals surface area contributed by atoms with Gasteiger partial charge < -0.3 is 14.8 Å². The fourth-order valence-electron chi connectivity index (χ4n) is 3.10. The van der Waals surface area contributed by atoms with Crippen molar-refractivity contribution in [3.05, 3.63) is 71.8 Å². The highest BCUT2D eigenvalue weighted by atomic mass is 32.2. The highest BCUT2D eigenvalue weighted by Crippen LogP contribution is 2.40. The zero-order chi connectivity index (χ0) is 27.1. The third kappa shape index (κ3) is 7.30. The van der Waals surface area contributed by atoms with Gasteiger partial charge in [0.15, 0.2) is 0 Å². The number of nitrogens with two attached hydrogens (primary N) is 1. The lowest BCUT2D eigenvalue weighted by Crippen LogP contribution is -2.13. The highest BCUT2D eigenvalue weighted by molar-refractivity contribution is 7.89. The van der Waals surface area contributed by atoms with Crippen LogP contribution in [0.15, 0.2) is 65.6 Å². The number of sulfonamides is 1. The van der Waals surface area contributed by atoms with E-state index in [4.69, 9.17) is 14.6 Å². The van der Waals surface area contributed by atoms with Crippen molar-refractivity contribution in [2.45, 2.75) is 18.0 Å². The van der Waals surface area contributed by atoms with E-state index in [1.807, 2.05) is 0 Å². The van der Waals surface area contributed by atoms with Gasteiger partial charge in [-0.05, 0) is 35.9 Å². The van der Waals surface area contributed by atoms with E-state index >= 15 is 0 Å². The minimum absolute atomic E-state index is 0.0148. The number of carbonyl (C=O) groups is 2. The van der Waals surface area contributed by atoms with Crippen molar-refractivity contribution in [2.24, 2.45) is 5.14 Å². The Kier molecular flexibility index (Phi) is 9.20. The average Bonchev–Trinajstić information content (AvgIpc) is 2.82. The van der Waals surface area contributed by atoms with Crippen molar-refractivity contribution in [3.8, 4) is 22.6 Å². The SMILES string of the molecule is CC(=O)Oc1cc(C=O)ccc1-c1ccccc1C(F)(F)F.CNc1ccc(S(N)(=O)=O)c(OC)c1. The number of halogens is 3. The van der Waals surface area contributed by atoms with E-state index in [2.05, 4.69) is 5.32 Å². The largest absolute Gasteiger partial charge is 0.495 e. The Bertz CT molecular complexity index is 1360. The van der Waals surface area contributed by atoms with Gasteiger partial charge in [0, 0.05) is 36.9 Å². The number of alkyl halides is 3. The molecule has 0 aliphatic carbocycles. The summed E-state index contributed by atoms with van der Waals surface area (Å²) >= 11 is 0. The third-order valence-electron chi connectivity index (χ3n) is 4.68. The summed E-state index contributed by atoms with van der Waals surface area (Å²) in [6, 6.07) is 13.5. The van der Waals surface area contributed by atoms with Gasteiger partial charge in [-0.25, -0.2) is 13.6 Å². The van der Waals surface area contributed by atoms with Gasteiger partial charge in [0.1, 0.15) is 22.7 Å². The Balaban J connectivity index is 0.000000281. The number of methoxy groups -OCH3 is 1. The number of rotatable bonds is 6. The summed E-state index contributed by atoms with van der Waals surface area (Å²) in [5.74, 6) is -0.540. The molecule has 0 atom stereocenters. The second kappa shape index (κ2) is 11.7. The molecule has 0 saturated carbocycles. The van der Waals surface area contributed by atoms with Crippen LogP contribution >= 0.6 is 0 Å². The molecule has 192 valence electrons. The highest BCUT2D eigenvalue weighted by Gasteiger charge is 2.34. The number of benzene rings is 3. The van der Waals surface area contributed by atoms with Crippen LogP contribution in [0.25, 0.3) is 11.1 Å². The molecule has 36 heavy (non-hydrogen) atoms. The second-order valence-corrected chi connectivity index (χ2v) is 8.70. The fourth-order valence-corrected chi connectivity index (χ4v) is 3.78. The predicted octanol–water partition coefficient (Wildman–Crippen LogP) is 4.49. The van der Waals surface area contributed by atoms with Crippen LogP contribution < -0.4 is 19.9 Å². The number of anilines is 1. The summed E-state index contributed by atoms with van der Waals surface area (Å²) in [5, 5.41) is 7.86. The summed E-state index contributed by atoms with van der Waals surface area (Å²) in [6.45, 7) is 1.13. The zero-order valence-electron chi connectivity index (χ0n) is 19.4. The van der Waals surface area contributed by atoms with Gasteiger partial charge in [0.05, 0.1) is 12.7 Å². The van der Waals surface area contributed by atoms with Gasteiger partial charge in [0.2, 0.25) is 10.0 Å². The van der Waals surface area contributed by atoms with Crippen molar-refractivity contribution in [1.82, 2.24) is 0 Å². The molecule has 12 heteroatoms. The summed E-state index contributed by atoms with van der Waals surface area (Å²) < 4.78 is 71.4. The summed E-state index contributed by atoms with van der Waals surface area (Å²) in [5.41, 5.74) is 0.0819. The molecule has 0 fully saturated rings. The molecular weight excluding hydrogens is 501 g/mol.